The molecule has 1 heterocycles. The number of anilines is 4. The van der Waals surface area contributed by atoms with Gasteiger partial charge in [-0.05, 0) is 62.4 Å². The zero-order valence-electron chi connectivity index (χ0n) is 15.6. The molecule has 2 aromatic carbocycles. The topological polar surface area (TPSA) is 59.1 Å². The molecule has 0 atom stereocenters. The monoisotopic (exact) mass is 406 g/mol. The van der Waals surface area contributed by atoms with E-state index in [1.807, 2.05) is 13.8 Å². The van der Waals surface area contributed by atoms with Crippen molar-refractivity contribution in [3.05, 3.63) is 66.1 Å². The van der Waals surface area contributed by atoms with E-state index in [0.29, 0.717) is 17.6 Å². The predicted molar refractivity (Wildman–Crippen MR) is 102 cm³/mol. The van der Waals surface area contributed by atoms with Crippen molar-refractivity contribution < 1.29 is 22.3 Å². The zero-order chi connectivity index (χ0) is 21.0. The van der Waals surface area contributed by atoms with Crippen molar-refractivity contribution >= 4 is 23.1 Å². The van der Waals surface area contributed by atoms with Crippen molar-refractivity contribution in [2.75, 3.05) is 10.6 Å². The van der Waals surface area contributed by atoms with E-state index in [2.05, 4.69) is 20.6 Å². The largest absolute Gasteiger partial charge is 0.491 e. The lowest BCUT2D eigenvalue weighted by Gasteiger charge is -2.15. The van der Waals surface area contributed by atoms with Crippen molar-refractivity contribution in [3.8, 4) is 5.75 Å². The number of hydrogen-bond acceptors (Lipinski definition) is 5. The summed E-state index contributed by atoms with van der Waals surface area (Å²) in [6, 6.07) is 11.8. The highest BCUT2D eigenvalue weighted by atomic mass is 19.4. The minimum Gasteiger partial charge on any atom is -0.491 e. The first-order valence-electron chi connectivity index (χ1n) is 8.71. The van der Waals surface area contributed by atoms with Gasteiger partial charge in [0.1, 0.15) is 22.9 Å². The minimum absolute atomic E-state index is 0.0205. The molecular weight excluding hydrogens is 388 g/mol. The normalized spacial score (nSPS) is 11.4. The van der Waals surface area contributed by atoms with Gasteiger partial charge in [-0.3, -0.25) is 0 Å². The molecule has 29 heavy (non-hydrogen) atoms. The minimum atomic E-state index is -4.66. The Morgan fingerprint density at radius 2 is 1.48 bits per heavy atom. The number of nitrogens with one attached hydrogen (secondary N) is 2. The molecule has 152 valence electrons. The van der Waals surface area contributed by atoms with E-state index in [9.17, 15) is 17.6 Å². The van der Waals surface area contributed by atoms with Crippen LogP contribution in [-0.4, -0.2) is 16.1 Å². The zero-order valence-corrected chi connectivity index (χ0v) is 15.6. The molecule has 0 radical (unpaired) electrons. The Kier molecular flexibility index (Phi) is 5.86. The molecule has 0 fully saturated rings. The fourth-order valence-corrected chi connectivity index (χ4v) is 2.43. The Bertz CT molecular complexity index is 958. The average molecular weight is 406 g/mol. The van der Waals surface area contributed by atoms with Gasteiger partial charge in [-0.2, -0.15) is 18.2 Å². The van der Waals surface area contributed by atoms with Crippen LogP contribution in [0.3, 0.4) is 0 Å². The van der Waals surface area contributed by atoms with E-state index in [0.717, 1.165) is 12.1 Å². The second-order valence-electron chi connectivity index (χ2n) is 6.40. The molecule has 3 rings (SSSR count). The van der Waals surface area contributed by atoms with E-state index in [-0.39, 0.29) is 17.7 Å². The van der Waals surface area contributed by atoms with Crippen LogP contribution < -0.4 is 15.4 Å². The molecule has 3 aromatic rings. The van der Waals surface area contributed by atoms with Crippen LogP contribution in [0.1, 0.15) is 19.4 Å². The van der Waals surface area contributed by atoms with Crippen LogP contribution in [0.5, 0.6) is 5.75 Å². The second-order valence-corrected chi connectivity index (χ2v) is 6.40. The van der Waals surface area contributed by atoms with Gasteiger partial charge in [-0.15, -0.1) is 0 Å². The highest BCUT2D eigenvalue weighted by Gasteiger charge is 2.35. The van der Waals surface area contributed by atoms with Crippen LogP contribution in [0.15, 0.2) is 54.7 Å². The van der Waals surface area contributed by atoms with E-state index in [1.165, 1.54) is 12.1 Å². The van der Waals surface area contributed by atoms with Gasteiger partial charge in [0.25, 0.3) is 0 Å². The van der Waals surface area contributed by atoms with Gasteiger partial charge < -0.3 is 15.4 Å². The van der Waals surface area contributed by atoms with E-state index < -0.39 is 23.4 Å². The Labute approximate surface area is 164 Å². The van der Waals surface area contributed by atoms with Gasteiger partial charge in [0.2, 0.25) is 5.95 Å². The lowest BCUT2D eigenvalue weighted by Crippen LogP contribution is -2.12. The maximum atomic E-state index is 13.3. The van der Waals surface area contributed by atoms with Gasteiger partial charge in [-0.25, -0.2) is 9.37 Å². The summed E-state index contributed by atoms with van der Waals surface area (Å²) in [4.78, 5) is 7.70. The van der Waals surface area contributed by atoms with E-state index >= 15 is 0 Å². The van der Waals surface area contributed by atoms with Crippen LogP contribution >= 0.6 is 0 Å². The third-order valence-electron chi connectivity index (χ3n) is 3.68. The molecule has 0 saturated heterocycles. The van der Waals surface area contributed by atoms with Gasteiger partial charge >= 0.3 is 6.18 Å². The Morgan fingerprint density at radius 1 is 0.897 bits per heavy atom. The van der Waals surface area contributed by atoms with Gasteiger partial charge in [0, 0.05) is 17.6 Å². The standard InChI is InChI=1S/C20H18F4N4O/c1-12(2)29-16-9-7-15(8-10-16)27-19-25-11-17(20(22,23)24)18(28-19)26-14-5-3-13(21)4-6-14/h3-12H,1-2H3,(H2,25,26,27,28). The Balaban J connectivity index is 1.85. The molecule has 0 amide bonds. The first kappa shape index (κ1) is 20.4. The third kappa shape index (κ3) is 5.56. The number of halogens is 4. The maximum absolute atomic E-state index is 13.3. The summed E-state index contributed by atoms with van der Waals surface area (Å²) in [7, 11) is 0. The third-order valence-corrected chi connectivity index (χ3v) is 3.68. The fraction of sp³-hybridized carbons (Fsp3) is 0.200. The highest BCUT2D eigenvalue weighted by Crippen LogP contribution is 2.35. The molecule has 5 nitrogen and oxygen atoms in total. The quantitative estimate of drug-likeness (QED) is 0.499. The fourth-order valence-electron chi connectivity index (χ4n) is 2.43. The second kappa shape index (κ2) is 8.34. The smallest absolute Gasteiger partial charge is 0.421 e. The van der Waals surface area contributed by atoms with Crippen molar-refractivity contribution in [2.45, 2.75) is 26.1 Å². The number of nitrogens with zero attached hydrogens (tertiary/aromatic N) is 2. The number of benzene rings is 2. The molecule has 0 spiro atoms. The molecule has 2 N–H and O–H groups in total. The lowest BCUT2D eigenvalue weighted by molar-refractivity contribution is -0.137. The van der Waals surface area contributed by atoms with Crippen LogP contribution in [-0.2, 0) is 6.18 Å². The molecule has 0 aliphatic carbocycles. The lowest BCUT2D eigenvalue weighted by atomic mass is 10.2. The number of ether oxygens (including phenoxy) is 1. The number of alkyl halides is 3. The molecular formula is C20H18F4N4O. The first-order chi connectivity index (χ1) is 13.7. The van der Waals surface area contributed by atoms with Gasteiger partial charge in [0.15, 0.2) is 0 Å². The van der Waals surface area contributed by atoms with Gasteiger partial charge in [-0.1, -0.05) is 0 Å². The highest BCUT2D eigenvalue weighted by molar-refractivity contribution is 5.63. The number of rotatable bonds is 6. The van der Waals surface area contributed by atoms with Crippen LogP contribution in [0.25, 0.3) is 0 Å². The first-order valence-corrected chi connectivity index (χ1v) is 8.71. The van der Waals surface area contributed by atoms with Crippen LogP contribution in [0, 0.1) is 5.82 Å². The number of hydrogen-bond donors (Lipinski definition) is 2. The van der Waals surface area contributed by atoms with Crippen molar-refractivity contribution in [3.63, 3.8) is 0 Å². The molecule has 0 aliphatic heterocycles. The Hall–Kier alpha value is -3.36. The van der Waals surface area contributed by atoms with Crippen molar-refractivity contribution in [1.82, 2.24) is 9.97 Å². The SMILES string of the molecule is CC(C)Oc1ccc(Nc2ncc(C(F)(F)F)c(Nc3ccc(F)cc3)n2)cc1. The summed E-state index contributed by atoms with van der Waals surface area (Å²) in [5, 5.41) is 5.42. The Morgan fingerprint density at radius 3 is 2.07 bits per heavy atom. The van der Waals surface area contributed by atoms with Gasteiger partial charge in [0.05, 0.1) is 6.10 Å². The van der Waals surface area contributed by atoms with Crippen LogP contribution in [0.2, 0.25) is 0 Å². The molecule has 0 bridgehead atoms. The average Bonchev–Trinajstić information content (AvgIpc) is 2.64. The molecule has 1 aromatic heterocycles. The summed E-state index contributed by atoms with van der Waals surface area (Å²) in [5.41, 5.74) is -0.196. The van der Waals surface area contributed by atoms with E-state index in [4.69, 9.17) is 4.74 Å². The molecule has 9 heteroatoms. The summed E-state index contributed by atoms with van der Waals surface area (Å²) in [5.74, 6) is -0.305. The summed E-state index contributed by atoms with van der Waals surface area (Å²) >= 11 is 0. The molecule has 0 unspecified atom stereocenters. The predicted octanol–water partition coefficient (Wildman–Crippen LogP) is 5.91. The van der Waals surface area contributed by atoms with E-state index in [1.54, 1.807) is 24.3 Å². The van der Waals surface area contributed by atoms with Crippen molar-refractivity contribution in [1.29, 1.82) is 0 Å². The maximum Gasteiger partial charge on any atom is 0.421 e. The summed E-state index contributed by atoms with van der Waals surface area (Å²) < 4.78 is 58.5. The molecule has 0 aliphatic rings. The number of aromatic nitrogens is 2. The van der Waals surface area contributed by atoms with Crippen molar-refractivity contribution in [2.24, 2.45) is 0 Å². The summed E-state index contributed by atoms with van der Waals surface area (Å²) in [6.45, 7) is 3.80. The van der Waals surface area contributed by atoms with Crippen LogP contribution in [0.4, 0.5) is 40.7 Å². The molecule has 0 saturated carbocycles. The summed E-state index contributed by atoms with van der Waals surface area (Å²) in [6.07, 6.45) is -3.94.